The molecule has 0 saturated carbocycles. The fourth-order valence-electron chi connectivity index (χ4n) is 1.51. The maximum Gasteiger partial charge on any atom is 0.279 e. The van der Waals surface area contributed by atoms with Gasteiger partial charge >= 0.3 is 0 Å². The summed E-state index contributed by atoms with van der Waals surface area (Å²) in [6.07, 6.45) is 0. The Bertz CT molecular complexity index is 769. The van der Waals surface area contributed by atoms with Gasteiger partial charge in [0.2, 0.25) is 0 Å². The number of thiophene rings is 1. The fourth-order valence-corrected chi connectivity index (χ4v) is 4.52. The minimum absolute atomic E-state index is 0.0145. The third-order valence-corrected chi connectivity index (χ3v) is 6.64. The first-order chi connectivity index (χ1) is 10.9. The number of hydrogen-bond donors (Lipinski definition) is 3. The molecule has 1 aromatic heterocycles. The summed E-state index contributed by atoms with van der Waals surface area (Å²) < 4.78 is 2.55. The standard InChI is InChI=1S/C13H8BrI2N3O2S2/c14-10-7(4-6(15)5-8(10)16)11(20)17-13(22)19-18-12(21)9-2-1-3-23-9/h1-5H,(H,18,21)(H2,17,19,20,22). The first-order valence-electron chi connectivity index (χ1n) is 5.98. The SMILES string of the molecule is O=C(NNC(=S)NC(=O)c1cc(I)cc(I)c1Br)c1cccs1. The van der Waals surface area contributed by atoms with Gasteiger partial charge in [0.1, 0.15) is 0 Å². The summed E-state index contributed by atoms with van der Waals surface area (Å²) in [7, 11) is 0. The molecule has 0 aliphatic rings. The predicted molar refractivity (Wildman–Crippen MR) is 115 cm³/mol. The highest BCUT2D eigenvalue weighted by molar-refractivity contribution is 14.1. The average molecular weight is 636 g/mol. The van der Waals surface area contributed by atoms with Crippen molar-refractivity contribution in [3.05, 3.63) is 51.7 Å². The number of carbonyl (C=O) groups excluding carboxylic acids is 2. The Morgan fingerprint density at radius 2 is 1.91 bits per heavy atom. The van der Waals surface area contributed by atoms with E-state index in [1.807, 2.05) is 6.07 Å². The van der Waals surface area contributed by atoms with Gasteiger partial charge in [-0.05, 0) is 96.9 Å². The molecule has 120 valence electrons. The lowest BCUT2D eigenvalue weighted by atomic mass is 10.2. The van der Waals surface area contributed by atoms with Gasteiger partial charge < -0.3 is 0 Å². The number of thiocarbonyl (C=S) groups is 1. The van der Waals surface area contributed by atoms with Gasteiger partial charge in [-0.2, -0.15) is 0 Å². The number of hydrazine groups is 1. The van der Waals surface area contributed by atoms with E-state index in [1.54, 1.807) is 23.6 Å². The summed E-state index contributed by atoms with van der Waals surface area (Å²) in [6.45, 7) is 0. The number of amides is 2. The number of hydrogen-bond acceptors (Lipinski definition) is 4. The van der Waals surface area contributed by atoms with Gasteiger partial charge in [-0.1, -0.05) is 6.07 Å². The third kappa shape index (κ3) is 5.34. The summed E-state index contributed by atoms with van der Waals surface area (Å²) in [5.74, 6) is -0.683. The maximum atomic E-state index is 12.3. The second-order valence-corrected chi connectivity index (χ2v) is 8.65. The second kappa shape index (κ2) is 8.69. The first-order valence-corrected chi connectivity index (χ1v) is 10.2. The normalized spacial score (nSPS) is 10.0. The Balaban J connectivity index is 1.95. The highest BCUT2D eigenvalue weighted by Gasteiger charge is 2.15. The molecule has 0 atom stereocenters. The lowest BCUT2D eigenvalue weighted by molar-refractivity contribution is 0.0937. The lowest BCUT2D eigenvalue weighted by Gasteiger charge is -2.11. The first kappa shape index (κ1) is 19.0. The monoisotopic (exact) mass is 635 g/mol. The molecule has 2 rings (SSSR count). The number of nitrogens with one attached hydrogen (secondary N) is 3. The second-order valence-electron chi connectivity index (χ2n) is 4.09. The minimum atomic E-state index is -0.365. The van der Waals surface area contributed by atoms with Crippen LogP contribution < -0.4 is 16.2 Å². The van der Waals surface area contributed by atoms with Crippen molar-refractivity contribution < 1.29 is 9.59 Å². The van der Waals surface area contributed by atoms with Gasteiger partial charge in [0.15, 0.2) is 5.11 Å². The van der Waals surface area contributed by atoms with E-state index in [4.69, 9.17) is 12.2 Å². The lowest BCUT2D eigenvalue weighted by Crippen LogP contribution is -2.48. The molecule has 10 heteroatoms. The van der Waals surface area contributed by atoms with E-state index in [-0.39, 0.29) is 16.9 Å². The van der Waals surface area contributed by atoms with Crippen molar-refractivity contribution >= 4 is 102 Å². The van der Waals surface area contributed by atoms with Crippen LogP contribution in [0.15, 0.2) is 34.1 Å². The van der Waals surface area contributed by atoms with E-state index >= 15 is 0 Å². The molecule has 0 radical (unpaired) electrons. The van der Waals surface area contributed by atoms with Crippen molar-refractivity contribution in [1.29, 1.82) is 0 Å². The summed E-state index contributed by atoms with van der Waals surface area (Å²) in [5, 5.41) is 4.34. The van der Waals surface area contributed by atoms with Crippen LogP contribution in [0.3, 0.4) is 0 Å². The van der Waals surface area contributed by atoms with Crippen molar-refractivity contribution in [2.24, 2.45) is 0 Å². The molecular formula is C13H8BrI2N3O2S2. The summed E-state index contributed by atoms with van der Waals surface area (Å²) in [6, 6.07) is 7.15. The Kier molecular flexibility index (Phi) is 7.19. The van der Waals surface area contributed by atoms with Crippen LogP contribution in [0.5, 0.6) is 0 Å². The van der Waals surface area contributed by atoms with Crippen LogP contribution >= 0.6 is 84.7 Å². The number of rotatable bonds is 2. The highest BCUT2D eigenvalue weighted by atomic mass is 127. The largest absolute Gasteiger partial charge is 0.298 e. The molecular weight excluding hydrogens is 628 g/mol. The van der Waals surface area contributed by atoms with E-state index in [0.717, 1.165) is 7.14 Å². The Morgan fingerprint density at radius 1 is 1.17 bits per heavy atom. The van der Waals surface area contributed by atoms with E-state index < -0.39 is 0 Å². The number of halogens is 3. The zero-order valence-electron chi connectivity index (χ0n) is 11.2. The quantitative estimate of drug-likeness (QED) is 0.204. The molecule has 0 spiro atoms. The molecule has 3 N–H and O–H groups in total. The van der Waals surface area contributed by atoms with E-state index in [1.165, 1.54) is 11.3 Å². The van der Waals surface area contributed by atoms with Crippen molar-refractivity contribution in [2.75, 3.05) is 0 Å². The third-order valence-electron chi connectivity index (χ3n) is 2.50. The minimum Gasteiger partial charge on any atom is -0.298 e. The topological polar surface area (TPSA) is 70.2 Å². The van der Waals surface area contributed by atoms with Crippen molar-refractivity contribution in [3.63, 3.8) is 0 Å². The van der Waals surface area contributed by atoms with Crippen molar-refractivity contribution in [1.82, 2.24) is 16.2 Å². The Hall–Kier alpha value is -0.310. The average Bonchev–Trinajstić information content (AvgIpc) is 3.02. The van der Waals surface area contributed by atoms with Gasteiger partial charge in [-0.3, -0.25) is 25.8 Å². The van der Waals surface area contributed by atoms with Crippen LogP contribution in [0.4, 0.5) is 0 Å². The molecule has 1 heterocycles. The molecule has 23 heavy (non-hydrogen) atoms. The number of benzene rings is 1. The Labute approximate surface area is 177 Å². The zero-order valence-corrected chi connectivity index (χ0v) is 18.7. The highest BCUT2D eigenvalue weighted by Crippen LogP contribution is 2.26. The van der Waals surface area contributed by atoms with Crippen LogP contribution in [0, 0.1) is 7.14 Å². The summed E-state index contributed by atoms with van der Waals surface area (Å²) in [4.78, 5) is 24.6. The zero-order chi connectivity index (χ0) is 17.0. The molecule has 1 aromatic carbocycles. The van der Waals surface area contributed by atoms with Gasteiger partial charge in [0.05, 0.1) is 10.4 Å². The molecule has 0 fully saturated rings. The molecule has 2 amide bonds. The van der Waals surface area contributed by atoms with Crippen molar-refractivity contribution in [3.8, 4) is 0 Å². The molecule has 0 unspecified atom stereocenters. The van der Waals surface area contributed by atoms with Crippen LogP contribution in [0.1, 0.15) is 20.0 Å². The molecule has 5 nitrogen and oxygen atoms in total. The van der Waals surface area contributed by atoms with Gasteiger partial charge in [0, 0.05) is 11.6 Å². The predicted octanol–water partition coefficient (Wildman–Crippen LogP) is 3.67. The maximum absolute atomic E-state index is 12.3. The van der Waals surface area contributed by atoms with Crippen molar-refractivity contribution in [2.45, 2.75) is 0 Å². The molecule has 0 bridgehead atoms. The van der Waals surface area contributed by atoms with Crippen LogP contribution in [0.25, 0.3) is 0 Å². The van der Waals surface area contributed by atoms with Gasteiger partial charge in [-0.25, -0.2) is 0 Å². The van der Waals surface area contributed by atoms with Crippen LogP contribution in [-0.2, 0) is 0 Å². The van der Waals surface area contributed by atoms with Crippen LogP contribution in [0.2, 0.25) is 0 Å². The molecule has 0 aliphatic heterocycles. The molecule has 0 saturated heterocycles. The summed E-state index contributed by atoms with van der Waals surface area (Å²) in [5.41, 5.74) is 5.41. The summed E-state index contributed by atoms with van der Waals surface area (Å²) >= 11 is 14.0. The molecule has 2 aromatic rings. The van der Waals surface area contributed by atoms with E-state index in [9.17, 15) is 9.59 Å². The van der Waals surface area contributed by atoms with Crippen LogP contribution in [-0.4, -0.2) is 16.9 Å². The van der Waals surface area contributed by atoms with E-state index in [0.29, 0.717) is 14.9 Å². The Morgan fingerprint density at radius 3 is 2.57 bits per heavy atom. The fraction of sp³-hybridized carbons (Fsp3) is 0. The smallest absolute Gasteiger partial charge is 0.279 e. The number of carbonyl (C=O) groups is 2. The van der Waals surface area contributed by atoms with E-state index in [2.05, 4.69) is 77.3 Å². The van der Waals surface area contributed by atoms with Gasteiger partial charge in [0.25, 0.3) is 11.8 Å². The molecule has 0 aliphatic carbocycles. The van der Waals surface area contributed by atoms with Gasteiger partial charge in [-0.15, -0.1) is 11.3 Å².